The summed E-state index contributed by atoms with van der Waals surface area (Å²) in [7, 11) is 1.25. The molecule has 0 saturated carbocycles. The van der Waals surface area contributed by atoms with Crippen molar-refractivity contribution >= 4 is 29.4 Å². The van der Waals surface area contributed by atoms with Crippen LogP contribution in [0.4, 0.5) is 5.69 Å². The number of methoxy groups -OCH3 is 1. The molecular weight excluding hydrogens is 376 g/mol. The number of rotatable bonds is 4. The maximum Gasteiger partial charge on any atom is 0.348 e. The second-order valence-corrected chi connectivity index (χ2v) is 6.66. The van der Waals surface area contributed by atoms with Crippen molar-refractivity contribution in [3.63, 3.8) is 0 Å². The van der Waals surface area contributed by atoms with Gasteiger partial charge >= 0.3 is 5.97 Å². The number of hydrogen-bond donors (Lipinski definition) is 0. The monoisotopic (exact) mass is 394 g/mol. The number of benzene rings is 2. The topological polar surface area (TPSA) is 93.2 Å². The van der Waals surface area contributed by atoms with Gasteiger partial charge in [0.15, 0.2) is 0 Å². The first-order chi connectivity index (χ1) is 14.0. The Morgan fingerprint density at radius 2 is 1.66 bits per heavy atom. The van der Waals surface area contributed by atoms with Crippen LogP contribution in [-0.2, 0) is 14.3 Å². The van der Waals surface area contributed by atoms with Crippen molar-refractivity contribution in [3.05, 3.63) is 59.7 Å². The van der Waals surface area contributed by atoms with Crippen LogP contribution in [0.25, 0.3) is 0 Å². The molecule has 2 aromatic carbocycles. The number of amides is 3. The van der Waals surface area contributed by atoms with Gasteiger partial charge in [-0.05, 0) is 24.3 Å². The third-order valence-corrected chi connectivity index (χ3v) is 4.97. The van der Waals surface area contributed by atoms with Crippen molar-refractivity contribution in [3.8, 4) is 5.75 Å². The second-order valence-electron chi connectivity index (χ2n) is 6.66. The molecule has 0 fully saturated rings. The highest BCUT2D eigenvalue weighted by molar-refractivity contribution is 6.21. The first kappa shape index (κ1) is 18.7. The summed E-state index contributed by atoms with van der Waals surface area (Å²) < 4.78 is 10.4. The molecule has 2 aliphatic rings. The van der Waals surface area contributed by atoms with Crippen LogP contribution in [0.3, 0.4) is 0 Å². The Hall–Kier alpha value is -3.68. The van der Waals surface area contributed by atoms with Crippen molar-refractivity contribution in [2.75, 3.05) is 25.1 Å². The third-order valence-electron chi connectivity index (χ3n) is 4.97. The Balaban J connectivity index is 1.51. The van der Waals surface area contributed by atoms with Gasteiger partial charge in [0.2, 0.25) is 12.0 Å². The zero-order chi connectivity index (χ0) is 20.5. The van der Waals surface area contributed by atoms with Crippen LogP contribution in [0.15, 0.2) is 48.5 Å². The highest BCUT2D eigenvalue weighted by atomic mass is 16.6. The molecule has 8 heteroatoms. The molecule has 0 N–H and O–H groups in total. The van der Waals surface area contributed by atoms with Gasteiger partial charge in [0.25, 0.3) is 11.8 Å². The van der Waals surface area contributed by atoms with E-state index in [-0.39, 0.29) is 25.4 Å². The van der Waals surface area contributed by atoms with E-state index in [1.807, 2.05) is 0 Å². The van der Waals surface area contributed by atoms with Crippen LogP contribution >= 0.6 is 0 Å². The Labute approximate surface area is 166 Å². The molecule has 1 atom stereocenters. The van der Waals surface area contributed by atoms with E-state index in [1.165, 1.54) is 12.0 Å². The van der Waals surface area contributed by atoms with E-state index in [0.29, 0.717) is 22.6 Å². The minimum atomic E-state index is -0.946. The number of para-hydroxylation sites is 2. The van der Waals surface area contributed by atoms with E-state index in [9.17, 15) is 19.2 Å². The highest BCUT2D eigenvalue weighted by Gasteiger charge is 2.37. The molecule has 0 saturated heterocycles. The predicted octanol–water partition coefficient (Wildman–Crippen LogP) is 1.64. The Morgan fingerprint density at radius 3 is 2.31 bits per heavy atom. The molecule has 2 heterocycles. The molecule has 0 radical (unpaired) electrons. The minimum absolute atomic E-state index is 0.00929. The minimum Gasteiger partial charge on any atom is -0.475 e. The molecule has 2 aliphatic heterocycles. The Morgan fingerprint density at radius 1 is 1.03 bits per heavy atom. The molecule has 8 nitrogen and oxygen atoms in total. The number of fused-ring (bicyclic) bond motifs is 2. The Kier molecular flexibility index (Phi) is 4.75. The van der Waals surface area contributed by atoms with Gasteiger partial charge in [-0.3, -0.25) is 19.3 Å². The number of carbonyl (C=O) groups is 4. The van der Waals surface area contributed by atoms with Crippen molar-refractivity contribution in [2.45, 2.75) is 12.5 Å². The molecule has 0 bridgehead atoms. The number of carbonyl (C=O) groups excluding carboxylic acids is 4. The predicted molar refractivity (Wildman–Crippen MR) is 102 cm³/mol. The van der Waals surface area contributed by atoms with Gasteiger partial charge in [-0.15, -0.1) is 0 Å². The van der Waals surface area contributed by atoms with Crippen LogP contribution in [0.1, 0.15) is 27.1 Å². The van der Waals surface area contributed by atoms with Crippen LogP contribution in [-0.4, -0.2) is 54.9 Å². The number of nitrogens with zero attached hydrogens (tertiary/aromatic N) is 2. The first-order valence-electron chi connectivity index (χ1n) is 9.10. The number of esters is 1. The lowest BCUT2D eigenvalue weighted by molar-refractivity contribution is -0.148. The van der Waals surface area contributed by atoms with Crippen molar-refractivity contribution in [1.29, 1.82) is 0 Å². The number of anilines is 1. The summed E-state index contributed by atoms with van der Waals surface area (Å²) in [4.78, 5) is 52.3. The Bertz CT molecular complexity index is 983. The summed E-state index contributed by atoms with van der Waals surface area (Å²) in [5.74, 6) is -1.34. The van der Waals surface area contributed by atoms with Gasteiger partial charge in [0.05, 0.1) is 30.5 Å². The van der Waals surface area contributed by atoms with Crippen molar-refractivity contribution in [1.82, 2.24) is 4.90 Å². The van der Waals surface area contributed by atoms with E-state index in [2.05, 4.69) is 0 Å². The molecule has 0 aliphatic carbocycles. The lowest BCUT2D eigenvalue weighted by Gasteiger charge is -2.33. The molecule has 148 valence electrons. The van der Waals surface area contributed by atoms with E-state index in [4.69, 9.17) is 9.47 Å². The molecule has 3 amide bonds. The molecule has 29 heavy (non-hydrogen) atoms. The second kappa shape index (κ2) is 7.38. The number of ether oxygens (including phenoxy) is 2. The van der Waals surface area contributed by atoms with Crippen molar-refractivity contribution < 1.29 is 28.7 Å². The average Bonchev–Trinajstić information content (AvgIpc) is 3.00. The lowest BCUT2D eigenvalue weighted by Crippen LogP contribution is -2.48. The maximum atomic E-state index is 12.9. The highest BCUT2D eigenvalue weighted by Crippen LogP contribution is 2.34. The van der Waals surface area contributed by atoms with E-state index in [1.54, 1.807) is 48.5 Å². The number of hydrogen-bond acceptors (Lipinski definition) is 6. The summed E-state index contributed by atoms with van der Waals surface area (Å²) in [5.41, 5.74) is 1.21. The van der Waals surface area contributed by atoms with Gasteiger partial charge in [-0.2, -0.15) is 0 Å². The maximum absolute atomic E-state index is 12.9. The summed E-state index contributed by atoms with van der Waals surface area (Å²) in [5, 5.41) is 0. The average molecular weight is 394 g/mol. The van der Waals surface area contributed by atoms with Crippen molar-refractivity contribution in [2.24, 2.45) is 0 Å². The lowest BCUT2D eigenvalue weighted by atomic mass is 10.1. The zero-order valence-corrected chi connectivity index (χ0v) is 15.7. The zero-order valence-electron chi connectivity index (χ0n) is 15.7. The van der Waals surface area contributed by atoms with Gasteiger partial charge in [0.1, 0.15) is 5.75 Å². The first-order valence-corrected chi connectivity index (χ1v) is 9.10. The molecule has 0 unspecified atom stereocenters. The summed E-state index contributed by atoms with van der Waals surface area (Å²) in [6, 6.07) is 13.4. The smallest absolute Gasteiger partial charge is 0.348 e. The van der Waals surface area contributed by atoms with Crippen LogP contribution < -0.4 is 9.64 Å². The molecular formula is C21H18N2O6. The van der Waals surface area contributed by atoms with Gasteiger partial charge < -0.3 is 14.4 Å². The van der Waals surface area contributed by atoms with Crippen LogP contribution in [0.5, 0.6) is 5.75 Å². The summed E-state index contributed by atoms with van der Waals surface area (Å²) >= 11 is 0. The molecule has 2 aromatic rings. The van der Waals surface area contributed by atoms with Gasteiger partial charge in [-0.1, -0.05) is 24.3 Å². The largest absolute Gasteiger partial charge is 0.475 e. The standard InChI is InChI=1S/C21H18N2O6/c1-28-21(27)17-12-23(15-8-4-5-9-16(15)29-17)18(24)10-11-22-19(25)13-6-2-3-7-14(13)20(22)26/h2-9,17H,10-12H2,1H3/t17-/m0/s1. The van der Waals surface area contributed by atoms with Gasteiger partial charge in [0, 0.05) is 13.0 Å². The quantitative estimate of drug-likeness (QED) is 0.578. The SMILES string of the molecule is COC(=O)[C@@H]1CN(C(=O)CCN2C(=O)c3ccccc3C2=O)c2ccccc2O1. The fraction of sp³-hybridized carbons (Fsp3) is 0.238. The third kappa shape index (κ3) is 3.22. The van der Waals surface area contributed by atoms with E-state index >= 15 is 0 Å². The van der Waals surface area contributed by atoms with E-state index in [0.717, 1.165) is 4.90 Å². The molecule has 0 aromatic heterocycles. The summed E-state index contributed by atoms with van der Waals surface area (Å²) in [6.07, 6.45) is -1.02. The molecule has 0 spiro atoms. The normalized spacial score (nSPS) is 17.5. The number of imide groups is 1. The van der Waals surface area contributed by atoms with E-state index < -0.39 is 23.9 Å². The molecule has 4 rings (SSSR count). The van der Waals surface area contributed by atoms with Crippen LogP contribution in [0, 0.1) is 0 Å². The fourth-order valence-electron chi connectivity index (χ4n) is 3.51. The summed E-state index contributed by atoms with van der Waals surface area (Å²) in [6.45, 7) is -0.0573. The van der Waals surface area contributed by atoms with Crippen LogP contribution in [0.2, 0.25) is 0 Å². The fourth-order valence-corrected chi connectivity index (χ4v) is 3.51. The van der Waals surface area contributed by atoms with Gasteiger partial charge in [-0.25, -0.2) is 4.79 Å².